The topological polar surface area (TPSA) is 68.8 Å². The summed E-state index contributed by atoms with van der Waals surface area (Å²) in [5, 5.41) is 5.95. The first-order chi connectivity index (χ1) is 13.1. The summed E-state index contributed by atoms with van der Waals surface area (Å²) in [6.45, 7) is 7.80. The predicted molar refractivity (Wildman–Crippen MR) is 108 cm³/mol. The van der Waals surface area contributed by atoms with E-state index in [1.165, 1.54) is 0 Å². The first kappa shape index (κ1) is 20.6. The van der Waals surface area contributed by atoms with Crippen molar-refractivity contribution >= 4 is 17.3 Å². The van der Waals surface area contributed by atoms with Gasteiger partial charge in [-0.15, -0.1) is 0 Å². The third-order valence-corrected chi connectivity index (χ3v) is 3.50. The van der Waals surface area contributed by atoms with Gasteiger partial charge in [-0.1, -0.05) is 6.07 Å². The van der Waals surface area contributed by atoms with Gasteiger partial charge < -0.3 is 24.8 Å². The first-order valence-electron chi connectivity index (χ1n) is 9.18. The first-order valence-corrected chi connectivity index (χ1v) is 9.18. The standard InChI is InChI=1S/C21H28N2O4/c1-4-25-12-13-26-19-10-8-17(9-11-19)23-21(24)15-22-18-6-5-7-20(14-18)27-16(2)3/h5-11,14,16,22H,4,12-13,15H2,1-3H3,(H,23,24). The maximum atomic E-state index is 12.1. The van der Waals surface area contributed by atoms with Crippen molar-refractivity contribution in [2.24, 2.45) is 0 Å². The van der Waals surface area contributed by atoms with E-state index in [0.717, 1.165) is 22.9 Å². The summed E-state index contributed by atoms with van der Waals surface area (Å²) in [7, 11) is 0. The summed E-state index contributed by atoms with van der Waals surface area (Å²) in [6, 6.07) is 14.8. The van der Waals surface area contributed by atoms with Crippen LogP contribution in [-0.2, 0) is 9.53 Å². The normalized spacial score (nSPS) is 10.5. The fourth-order valence-corrected chi connectivity index (χ4v) is 2.34. The second-order valence-corrected chi connectivity index (χ2v) is 6.17. The van der Waals surface area contributed by atoms with Gasteiger partial charge in [-0.05, 0) is 57.2 Å². The van der Waals surface area contributed by atoms with Crippen LogP contribution in [0.3, 0.4) is 0 Å². The second kappa shape index (κ2) is 11.1. The van der Waals surface area contributed by atoms with Gasteiger partial charge in [0.1, 0.15) is 18.1 Å². The Kier molecular flexibility index (Phi) is 8.45. The van der Waals surface area contributed by atoms with Gasteiger partial charge >= 0.3 is 0 Å². The van der Waals surface area contributed by atoms with Crippen molar-refractivity contribution in [2.75, 3.05) is 37.0 Å². The molecule has 0 aliphatic carbocycles. The minimum Gasteiger partial charge on any atom is -0.491 e. The van der Waals surface area contributed by atoms with Crippen molar-refractivity contribution in [3.05, 3.63) is 48.5 Å². The highest BCUT2D eigenvalue weighted by Crippen LogP contribution is 2.19. The van der Waals surface area contributed by atoms with Gasteiger partial charge in [-0.2, -0.15) is 0 Å². The van der Waals surface area contributed by atoms with Crippen molar-refractivity contribution in [1.82, 2.24) is 0 Å². The van der Waals surface area contributed by atoms with E-state index in [0.29, 0.717) is 19.8 Å². The minimum atomic E-state index is -0.129. The van der Waals surface area contributed by atoms with Crippen molar-refractivity contribution in [2.45, 2.75) is 26.9 Å². The summed E-state index contributed by atoms with van der Waals surface area (Å²) in [5.74, 6) is 1.39. The van der Waals surface area contributed by atoms with E-state index in [1.807, 2.05) is 69.3 Å². The Morgan fingerprint density at radius 1 is 1.00 bits per heavy atom. The molecule has 0 heterocycles. The lowest BCUT2D eigenvalue weighted by Gasteiger charge is -2.12. The van der Waals surface area contributed by atoms with Crippen LogP contribution in [0.4, 0.5) is 11.4 Å². The third kappa shape index (κ3) is 8.00. The highest BCUT2D eigenvalue weighted by atomic mass is 16.5. The molecule has 0 radical (unpaired) electrons. The van der Waals surface area contributed by atoms with Crippen LogP contribution in [0.15, 0.2) is 48.5 Å². The number of carbonyl (C=O) groups excluding carboxylic acids is 1. The van der Waals surface area contributed by atoms with E-state index in [9.17, 15) is 4.79 Å². The molecule has 27 heavy (non-hydrogen) atoms. The molecular weight excluding hydrogens is 344 g/mol. The molecular formula is C21H28N2O4. The van der Waals surface area contributed by atoms with Crippen LogP contribution < -0.4 is 20.1 Å². The lowest BCUT2D eigenvalue weighted by molar-refractivity contribution is -0.114. The average Bonchev–Trinajstić information content (AvgIpc) is 2.65. The van der Waals surface area contributed by atoms with Crippen molar-refractivity contribution in [3.8, 4) is 11.5 Å². The molecule has 0 fully saturated rings. The fourth-order valence-electron chi connectivity index (χ4n) is 2.34. The molecule has 2 aromatic carbocycles. The van der Waals surface area contributed by atoms with Gasteiger partial charge in [0.15, 0.2) is 0 Å². The van der Waals surface area contributed by atoms with Gasteiger partial charge in [-0.3, -0.25) is 4.79 Å². The smallest absolute Gasteiger partial charge is 0.243 e. The van der Waals surface area contributed by atoms with Gasteiger partial charge in [0.25, 0.3) is 0 Å². The summed E-state index contributed by atoms with van der Waals surface area (Å²) < 4.78 is 16.4. The zero-order chi connectivity index (χ0) is 19.5. The quantitative estimate of drug-likeness (QED) is 0.585. The van der Waals surface area contributed by atoms with E-state index < -0.39 is 0 Å². The Bertz CT molecular complexity index is 702. The summed E-state index contributed by atoms with van der Waals surface area (Å²) >= 11 is 0. The monoisotopic (exact) mass is 372 g/mol. The molecule has 0 bridgehead atoms. The van der Waals surface area contributed by atoms with E-state index in [2.05, 4.69) is 10.6 Å². The Morgan fingerprint density at radius 2 is 1.78 bits per heavy atom. The molecule has 0 spiro atoms. The van der Waals surface area contributed by atoms with Gasteiger partial charge in [-0.25, -0.2) is 0 Å². The molecule has 6 heteroatoms. The van der Waals surface area contributed by atoms with Crippen LogP contribution in [0.25, 0.3) is 0 Å². The van der Waals surface area contributed by atoms with Crippen LogP contribution in [0.2, 0.25) is 0 Å². The lowest BCUT2D eigenvalue weighted by atomic mass is 10.3. The highest BCUT2D eigenvalue weighted by Gasteiger charge is 2.04. The van der Waals surface area contributed by atoms with E-state index in [1.54, 1.807) is 0 Å². The molecule has 0 atom stereocenters. The number of ether oxygens (including phenoxy) is 3. The maximum Gasteiger partial charge on any atom is 0.243 e. The van der Waals surface area contributed by atoms with E-state index >= 15 is 0 Å². The largest absolute Gasteiger partial charge is 0.491 e. The van der Waals surface area contributed by atoms with Gasteiger partial charge in [0, 0.05) is 24.0 Å². The molecule has 0 saturated carbocycles. The summed E-state index contributed by atoms with van der Waals surface area (Å²) in [5.41, 5.74) is 1.55. The molecule has 0 aliphatic rings. The molecule has 2 N–H and O–H groups in total. The third-order valence-electron chi connectivity index (χ3n) is 3.50. The molecule has 146 valence electrons. The van der Waals surface area contributed by atoms with Crippen molar-refractivity contribution < 1.29 is 19.0 Å². The van der Waals surface area contributed by atoms with Crippen molar-refractivity contribution in [1.29, 1.82) is 0 Å². The second-order valence-electron chi connectivity index (χ2n) is 6.17. The molecule has 2 rings (SSSR count). The Labute approximate surface area is 160 Å². The minimum absolute atomic E-state index is 0.106. The molecule has 0 unspecified atom stereocenters. The van der Waals surface area contributed by atoms with Gasteiger partial charge in [0.05, 0.1) is 19.3 Å². The van der Waals surface area contributed by atoms with Crippen LogP contribution in [0, 0.1) is 0 Å². The van der Waals surface area contributed by atoms with Crippen LogP contribution in [0.5, 0.6) is 11.5 Å². The summed E-state index contributed by atoms with van der Waals surface area (Å²) in [4.78, 5) is 12.1. The summed E-state index contributed by atoms with van der Waals surface area (Å²) in [6.07, 6.45) is 0.106. The van der Waals surface area contributed by atoms with Crippen LogP contribution >= 0.6 is 0 Å². The number of hydrogen-bond donors (Lipinski definition) is 2. The predicted octanol–water partition coefficient (Wildman–Crippen LogP) is 3.94. The molecule has 0 aromatic heterocycles. The average molecular weight is 372 g/mol. The Morgan fingerprint density at radius 3 is 2.48 bits per heavy atom. The van der Waals surface area contributed by atoms with Gasteiger partial charge in [0.2, 0.25) is 5.91 Å². The number of anilines is 2. The molecule has 0 saturated heterocycles. The van der Waals surface area contributed by atoms with E-state index in [-0.39, 0.29) is 18.6 Å². The SMILES string of the molecule is CCOCCOc1ccc(NC(=O)CNc2cccc(OC(C)C)c2)cc1. The molecule has 6 nitrogen and oxygen atoms in total. The van der Waals surface area contributed by atoms with E-state index in [4.69, 9.17) is 14.2 Å². The van der Waals surface area contributed by atoms with Crippen molar-refractivity contribution in [3.63, 3.8) is 0 Å². The van der Waals surface area contributed by atoms with Crippen LogP contribution in [-0.4, -0.2) is 38.4 Å². The number of nitrogens with one attached hydrogen (secondary N) is 2. The number of amides is 1. The zero-order valence-corrected chi connectivity index (χ0v) is 16.2. The number of rotatable bonds is 11. The Balaban J connectivity index is 1.77. The maximum absolute atomic E-state index is 12.1. The number of carbonyl (C=O) groups is 1. The number of benzene rings is 2. The fraction of sp³-hybridized carbons (Fsp3) is 0.381. The van der Waals surface area contributed by atoms with Crippen LogP contribution in [0.1, 0.15) is 20.8 Å². The molecule has 1 amide bonds. The molecule has 0 aliphatic heterocycles. The Hall–Kier alpha value is -2.73. The zero-order valence-electron chi connectivity index (χ0n) is 16.2. The highest BCUT2D eigenvalue weighted by molar-refractivity contribution is 5.93. The lowest BCUT2D eigenvalue weighted by Crippen LogP contribution is -2.21. The molecule has 2 aromatic rings. The number of hydrogen-bond acceptors (Lipinski definition) is 5.